The van der Waals surface area contributed by atoms with Gasteiger partial charge in [-0.2, -0.15) is 0 Å². The Morgan fingerprint density at radius 1 is 1.40 bits per heavy atom. The number of carboxylic acid groups (broad SMARTS) is 1. The summed E-state index contributed by atoms with van der Waals surface area (Å²) in [6, 6.07) is 0. The second-order valence-electron chi connectivity index (χ2n) is 6.52. The van der Waals surface area contributed by atoms with E-state index >= 15 is 0 Å². The van der Waals surface area contributed by atoms with Crippen LogP contribution in [0.5, 0.6) is 0 Å². The standard InChI is InChI=1S/C16H27NO3/c1-3-5-7-12(4-2)14(18)17-10-13-8-6-9-16(13,11-17)15(19)20/h12-13H,3-11H2,1-2H3,(H,19,20)/t12?,13-,16+/m0/s1. The number of aliphatic carboxylic acids is 1. The van der Waals surface area contributed by atoms with Crippen molar-refractivity contribution >= 4 is 11.9 Å². The van der Waals surface area contributed by atoms with Gasteiger partial charge in [-0.15, -0.1) is 0 Å². The van der Waals surface area contributed by atoms with Crippen LogP contribution < -0.4 is 0 Å². The largest absolute Gasteiger partial charge is 0.481 e. The maximum absolute atomic E-state index is 12.6. The highest BCUT2D eigenvalue weighted by atomic mass is 16.4. The number of unbranched alkanes of at least 4 members (excludes halogenated alkanes) is 1. The van der Waals surface area contributed by atoms with Gasteiger partial charge in [-0.25, -0.2) is 0 Å². The van der Waals surface area contributed by atoms with Crippen LogP contribution in [-0.2, 0) is 9.59 Å². The van der Waals surface area contributed by atoms with Crippen LogP contribution in [0.25, 0.3) is 0 Å². The normalized spacial score (nSPS) is 30.3. The van der Waals surface area contributed by atoms with E-state index in [2.05, 4.69) is 13.8 Å². The summed E-state index contributed by atoms with van der Waals surface area (Å²) in [5.74, 6) is -0.250. The molecule has 1 heterocycles. The smallest absolute Gasteiger partial charge is 0.311 e. The molecule has 4 heteroatoms. The SMILES string of the molecule is CCCCC(CC)C(=O)N1C[C@@H]2CCC[C@@]2(C(=O)O)C1. The first-order valence-electron chi connectivity index (χ1n) is 8.07. The summed E-state index contributed by atoms with van der Waals surface area (Å²) in [6.45, 7) is 5.29. The van der Waals surface area contributed by atoms with Crippen LogP contribution in [0.1, 0.15) is 58.8 Å². The zero-order valence-corrected chi connectivity index (χ0v) is 12.7. The number of likely N-dealkylation sites (tertiary alicyclic amines) is 1. The second-order valence-corrected chi connectivity index (χ2v) is 6.52. The fourth-order valence-electron chi connectivity index (χ4n) is 4.02. The van der Waals surface area contributed by atoms with Crippen molar-refractivity contribution in [2.45, 2.75) is 58.8 Å². The van der Waals surface area contributed by atoms with Crippen LogP contribution in [0.3, 0.4) is 0 Å². The van der Waals surface area contributed by atoms with Crippen LogP contribution in [-0.4, -0.2) is 35.0 Å². The number of carboxylic acids is 1. The zero-order chi connectivity index (χ0) is 14.8. The molecular weight excluding hydrogens is 254 g/mol. The molecule has 1 N–H and O–H groups in total. The Labute approximate surface area is 121 Å². The summed E-state index contributed by atoms with van der Waals surface area (Å²) in [6.07, 6.45) is 6.67. The molecule has 2 fully saturated rings. The zero-order valence-electron chi connectivity index (χ0n) is 12.7. The van der Waals surface area contributed by atoms with Crippen molar-refractivity contribution in [1.29, 1.82) is 0 Å². The molecule has 1 saturated heterocycles. The predicted octanol–water partition coefficient (Wildman–Crippen LogP) is 2.92. The van der Waals surface area contributed by atoms with Crippen molar-refractivity contribution in [3.8, 4) is 0 Å². The van der Waals surface area contributed by atoms with E-state index in [1.165, 1.54) is 0 Å². The van der Waals surface area contributed by atoms with Crippen molar-refractivity contribution in [1.82, 2.24) is 4.90 Å². The van der Waals surface area contributed by atoms with E-state index in [-0.39, 0.29) is 17.7 Å². The lowest BCUT2D eigenvalue weighted by Gasteiger charge is -2.25. The summed E-state index contributed by atoms with van der Waals surface area (Å²) in [5, 5.41) is 9.57. The van der Waals surface area contributed by atoms with Crippen molar-refractivity contribution in [3.63, 3.8) is 0 Å². The minimum atomic E-state index is -0.697. The molecule has 3 atom stereocenters. The third kappa shape index (κ3) is 2.57. The van der Waals surface area contributed by atoms with E-state index in [1.54, 1.807) is 0 Å². The van der Waals surface area contributed by atoms with E-state index in [0.29, 0.717) is 13.1 Å². The van der Waals surface area contributed by atoms with Crippen LogP contribution in [0.2, 0.25) is 0 Å². The Morgan fingerprint density at radius 3 is 2.70 bits per heavy atom. The number of hydrogen-bond donors (Lipinski definition) is 1. The van der Waals surface area contributed by atoms with Crippen LogP contribution >= 0.6 is 0 Å². The highest BCUT2D eigenvalue weighted by molar-refractivity contribution is 5.82. The summed E-state index contributed by atoms with van der Waals surface area (Å²) in [5.41, 5.74) is -0.640. The van der Waals surface area contributed by atoms with Crippen molar-refractivity contribution in [2.24, 2.45) is 17.3 Å². The Hall–Kier alpha value is -1.06. The lowest BCUT2D eigenvalue weighted by molar-refractivity contribution is -0.149. The average Bonchev–Trinajstić information content (AvgIpc) is 2.96. The molecule has 114 valence electrons. The first-order valence-corrected chi connectivity index (χ1v) is 8.07. The van der Waals surface area contributed by atoms with Crippen LogP contribution in [0.15, 0.2) is 0 Å². The summed E-state index contributed by atoms with van der Waals surface area (Å²) < 4.78 is 0. The molecular formula is C16H27NO3. The van der Waals surface area contributed by atoms with Gasteiger partial charge in [0.15, 0.2) is 0 Å². The number of nitrogens with zero attached hydrogens (tertiary/aromatic N) is 1. The fraction of sp³-hybridized carbons (Fsp3) is 0.875. The van der Waals surface area contributed by atoms with E-state index in [0.717, 1.165) is 44.9 Å². The van der Waals surface area contributed by atoms with Gasteiger partial charge in [-0.3, -0.25) is 9.59 Å². The topological polar surface area (TPSA) is 57.6 Å². The van der Waals surface area contributed by atoms with Crippen molar-refractivity contribution in [3.05, 3.63) is 0 Å². The second kappa shape index (κ2) is 6.15. The molecule has 0 spiro atoms. The van der Waals surface area contributed by atoms with Gasteiger partial charge in [0, 0.05) is 19.0 Å². The Balaban J connectivity index is 2.04. The van der Waals surface area contributed by atoms with Gasteiger partial charge in [-0.1, -0.05) is 33.1 Å². The minimum Gasteiger partial charge on any atom is -0.481 e. The quantitative estimate of drug-likeness (QED) is 0.814. The molecule has 1 unspecified atom stereocenters. The average molecular weight is 281 g/mol. The lowest BCUT2D eigenvalue weighted by atomic mass is 9.81. The van der Waals surface area contributed by atoms with E-state index < -0.39 is 11.4 Å². The third-order valence-electron chi connectivity index (χ3n) is 5.36. The highest BCUT2D eigenvalue weighted by Gasteiger charge is 2.56. The van der Waals surface area contributed by atoms with Crippen LogP contribution in [0.4, 0.5) is 0 Å². The van der Waals surface area contributed by atoms with Gasteiger partial charge < -0.3 is 10.0 Å². The van der Waals surface area contributed by atoms with Gasteiger partial charge >= 0.3 is 5.97 Å². The molecule has 0 radical (unpaired) electrons. The van der Waals surface area contributed by atoms with E-state index in [9.17, 15) is 14.7 Å². The number of fused-ring (bicyclic) bond motifs is 1. The fourth-order valence-corrected chi connectivity index (χ4v) is 4.02. The molecule has 1 amide bonds. The molecule has 0 aromatic carbocycles. The Bertz CT molecular complexity index is 382. The molecule has 2 rings (SSSR count). The summed E-state index contributed by atoms with van der Waals surface area (Å²) in [4.78, 5) is 26.1. The van der Waals surface area contributed by atoms with Crippen molar-refractivity contribution in [2.75, 3.05) is 13.1 Å². The molecule has 0 aromatic heterocycles. The number of amides is 1. The van der Waals surface area contributed by atoms with Gasteiger partial charge in [0.25, 0.3) is 0 Å². The van der Waals surface area contributed by atoms with Gasteiger partial charge in [0.05, 0.1) is 5.41 Å². The number of carbonyl (C=O) groups is 2. The van der Waals surface area contributed by atoms with E-state index in [1.807, 2.05) is 4.90 Å². The third-order valence-corrected chi connectivity index (χ3v) is 5.36. The predicted molar refractivity (Wildman–Crippen MR) is 77.3 cm³/mol. The molecule has 2 aliphatic rings. The first-order chi connectivity index (χ1) is 9.55. The molecule has 0 aromatic rings. The molecule has 1 aliphatic heterocycles. The van der Waals surface area contributed by atoms with Gasteiger partial charge in [-0.05, 0) is 31.6 Å². The number of rotatable bonds is 6. The summed E-state index contributed by atoms with van der Waals surface area (Å²) in [7, 11) is 0. The van der Waals surface area contributed by atoms with E-state index in [4.69, 9.17) is 0 Å². The monoisotopic (exact) mass is 281 g/mol. The van der Waals surface area contributed by atoms with Crippen molar-refractivity contribution < 1.29 is 14.7 Å². The molecule has 1 aliphatic carbocycles. The minimum absolute atomic E-state index is 0.0830. The first kappa shape index (κ1) is 15.3. The Morgan fingerprint density at radius 2 is 2.15 bits per heavy atom. The number of carbonyl (C=O) groups excluding carboxylic acids is 1. The summed E-state index contributed by atoms with van der Waals surface area (Å²) >= 11 is 0. The van der Waals surface area contributed by atoms with Gasteiger partial charge in [0.2, 0.25) is 5.91 Å². The van der Waals surface area contributed by atoms with Crippen LogP contribution in [0, 0.1) is 17.3 Å². The molecule has 20 heavy (non-hydrogen) atoms. The molecule has 0 bridgehead atoms. The molecule has 4 nitrogen and oxygen atoms in total. The molecule has 1 saturated carbocycles. The van der Waals surface area contributed by atoms with Gasteiger partial charge in [0.1, 0.15) is 0 Å². The lowest BCUT2D eigenvalue weighted by Crippen LogP contribution is -2.39. The Kier molecular flexibility index (Phi) is 4.71. The highest BCUT2D eigenvalue weighted by Crippen LogP contribution is 2.49. The maximum atomic E-state index is 12.6. The number of hydrogen-bond acceptors (Lipinski definition) is 2. The maximum Gasteiger partial charge on any atom is 0.311 e.